The molecule has 0 unspecified atom stereocenters. The topological polar surface area (TPSA) is 93.8 Å². The third-order valence-electron chi connectivity index (χ3n) is 5.75. The Labute approximate surface area is 204 Å². The Kier molecular flexibility index (Phi) is 7.10. The average molecular weight is 471 g/mol. The molecule has 2 aromatic carbocycles. The number of nitrogens with one attached hydrogen (secondary N) is 2. The number of aryl methyl sites for hydroxylation is 1. The van der Waals surface area contributed by atoms with Gasteiger partial charge in [0, 0.05) is 29.6 Å². The number of benzene rings is 2. The zero-order chi connectivity index (χ0) is 24.9. The fourth-order valence-corrected chi connectivity index (χ4v) is 3.97. The molecule has 2 N–H and O–H groups in total. The Balaban J connectivity index is 1.51. The van der Waals surface area contributed by atoms with Gasteiger partial charge in [0.15, 0.2) is 0 Å². The lowest BCUT2D eigenvalue weighted by Gasteiger charge is -2.09. The lowest BCUT2D eigenvalue weighted by atomic mass is 10.1. The van der Waals surface area contributed by atoms with Gasteiger partial charge in [0.25, 0.3) is 5.91 Å². The summed E-state index contributed by atoms with van der Waals surface area (Å²) in [7, 11) is 0. The van der Waals surface area contributed by atoms with Gasteiger partial charge >= 0.3 is 0 Å². The molecule has 0 aliphatic rings. The molecule has 0 fully saturated rings. The monoisotopic (exact) mass is 470 g/mol. The number of carbonyl (C=O) groups is 2. The molecule has 35 heavy (non-hydrogen) atoms. The first-order valence-electron chi connectivity index (χ1n) is 11.7. The standard InChI is InChI=1S/C27H30N6O2/c1-18(2)16-32-20(4)23(19(3)30-32)15-25(34)28-29-27(35)24-17-33(22-13-9-6-10-14-22)31-26(24)21-11-7-5-8-12-21/h5-14,17-18H,15-16H2,1-4H3,(H,28,34)(H,29,35). The molecule has 8 heteroatoms. The predicted molar refractivity (Wildman–Crippen MR) is 135 cm³/mol. The molecule has 180 valence electrons. The molecule has 2 aromatic heterocycles. The Bertz CT molecular complexity index is 1320. The highest BCUT2D eigenvalue weighted by Crippen LogP contribution is 2.23. The van der Waals surface area contributed by atoms with Crippen LogP contribution in [-0.4, -0.2) is 31.4 Å². The Morgan fingerprint density at radius 3 is 2.23 bits per heavy atom. The van der Waals surface area contributed by atoms with Crippen molar-refractivity contribution in [3.8, 4) is 16.9 Å². The van der Waals surface area contributed by atoms with Crippen molar-refractivity contribution in [3.63, 3.8) is 0 Å². The van der Waals surface area contributed by atoms with E-state index >= 15 is 0 Å². The van der Waals surface area contributed by atoms with Gasteiger partial charge in [0.05, 0.1) is 23.4 Å². The van der Waals surface area contributed by atoms with Crippen molar-refractivity contribution in [2.75, 3.05) is 0 Å². The second-order valence-corrected chi connectivity index (χ2v) is 8.94. The number of carbonyl (C=O) groups excluding carboxylic acids is 2. The highest BCUT2D eigenvalue weighted by atomic mass is 16.2. The van der Waals surface area contributed by atoms with Crippen molar-refractivity contribution in [2.24, 2.45) is 5.92 Å². The van der Waals surface area contributed by atoms with Gasteiger partial charge in [-0.2, -0.15) is 10.2 Å². The Morgan fingerprint density at radius 1 is 0.914 bits per heavy atom. The van der Waals surface area contributed by atoms with E-state index in [4.69, 9.17) is 0 Å². The van der Waals surface area contributed by atoms with Crippen LogP contribution in [0.15, 0.2) is 66.9 Å². The average Bonchev–Trinajstić information content (AvgIpc) is 3.41. The molecule has 0 bridgehead atoms. The van der Waals surface area contributed by atoms with Crippen LogP contribution in [-0.2, 0) is 17.8 Å². The van der Waals surface area contributed by atoms with Crippen LogP contribution in [0.4, 0.5) is 0 Å². The van der Waals surface area contributed by atoms with Gasteiger partial charge in [0.2, 0.25) is 5.91 Å². The second kappa shape index (κ2) is 10.4. The van der Waals surface area contributed by atoms with E-state index in [1.807, 2.05) is 79.2 Å². The fraction of sp³-hybridized carbons (Fsp3) is 0.259. The molecule has 0 spiro atoms. The summed E-state index contributed by atoms with van der Waals surface area (Å²) in [4.78, 5) is 25.8. The lowest BCUT2D eigenvalue weighted by molar-refractivity contribution is -0.121. The molecule has 0 aliphatic heterocycles. The molecular weight excluding hydrogens is 440 g/mol. The molecule has 8 nitrogen and oxygen atoms in total. The zero-order valence-corrected chi connectivity index (χ0v) is 20.4. The highest BCUT2D eigenvalue weighted by molar-refractivity contribution is 6.00. The first-order valence-corrected chi connectivity index (χ1v) is 11.7. The van der Waals surface area contributed by atoms with Crippen LogP contribution >= 0.6 is 0 Å². The van der Waals surface area contributed by atoms with Crippen LogP contribution in [0.1, 0.15) is 41.2 Å². The van der Waals surface area contributed by atoms with Crippen molar-refractivity contribution in [1.29, 1.82) is 0 Å². The van der Waals surface area contributed by atoms with Gasteiger partial charge in [-0.3, -0.25) is 25.1 Å². The van der Waals surface area contributed by atoms with E-state index in [1.54, 1.807) is 10.9 Å². The molecule has 0 saturated heterocycles. The van der Waals surface area contributed by atoms with Crippen molar-refractivity contribution in [2.45, 2.75) is 40.7 Å². The summed E-state index contributed by atoms with van der Waals surface area (Å²) >= 11 is 0. The van der Waals surface area contributed by atoms with Gasteiger partial charge in [-0.05, 0) is 31.9 Å². The van der Waals surface area contributed by atoms with E-state index in [0.717, 1.165) is 34.7 Å². The second-order valence-electron chi connectivity index (χ2n) is 8.94. The minimum atomic E-state index is -0.441. The van der Waals surface area contributed by atoms with Gasteiger partial charge in [-0.25, -0.2) is 4.68 Å². The minimum Gasteiger partial charge on any atom is -0.273 e. The summed E-state index contributed by atoms with van der Waals surface area (Å²) in [5, 5.41) is 9.21. The lowest BCUT2D eigenvalue weighted by Crippen LogP contribution is -2.42. The quantitative estimate of drug-likeness (QED) is 0.399. The van der Waals surface area contributed by atoms with Crippen LogP contribution in [0.3, 0.4) is 0 Å². The zero-order valence-electron chi connectivity index (χ0n) is 20.4. The van der Waals surface area contributed by atoms with Crippen molar-refractivity contribution < 1.29 is 9.59 Å². The molecule has 0 atom stereocenters. The predicted octanol–water partition coefficient (Wildman–Crippen LogP) is 4.01. The Hall–Kier alpha value is -4.20. The number of aromatic nitrogens is 4. The normalized spacial score (nSPS) is 11.0. The van der Waals surface area contributed by atoms with Gasteiger partial charge < -0.3 is 0 Å². The molecule has 2 amide bonds. The third-order valence-corrected chi connectivity index (χ3v) is 5.75. The maximum absolute atomic E-state index is 13.1. The third kappa shape index (κ3) is 5.48. The van der Waals surface area contributed by atoms with Gasteiger partial charge in [0.1, 0.15) is 5.69 Å². The molecular formula is C27H30N6O2. The molecule has 4 aromatic rings. The van der Waals surface area contributed by atoms with Crippen molar-refractivity contribution >= 4 is 11.8 Å². The summed E-state index contributed by atoms with van der Waals surface area (Å²) in [5.41, 5.74) is 10.3. The van der Waals surface area contributed by atoms with Crippen LogP contribution in [0.5, 0.6) is 0 Å². The number of rotatable bonds is 7. The van der Waals surface area contributed by atoms with E-state index in [1.165, 1.54) is 0 Å². The number of para-hydroxylation sites is 1. The fourth-order valence-electron chi connectivity index (χ4n) is 3.97. The summed E-state index contributed by atoms with van der Waals surface area (Å²) in [6.45, 7) is 8.91. The first-order chi connectivity index (χ1) is 16.8. The smallest absolute Gasteiger partial charge is 0.273 e. The maximum Gasteiger partial charge on any atom is 0.273 e. The molecule has 0 aliphatic carbocycles. The van der Waals surface area contributed by atoms with Crippen LogP contribution < -0.4 is 10.9 Å². The SMILES string of the molecule is Cc1nn(CC(C)C)c(C)c1CC(=O)NNC(=O)c1cn(-c2ccccc2)nc1-c1ccccc1. The van der Waals surface area contributed by atoms with E-state index in [2.05, 4.69) is 34.9 Å². The summed E-state index contributed by atoms with van der Waals surface area (Å²) in [6, 6.07) is 19.1. The maximum atomic E-state index is 13.1. The largest absolute Gasteiger partial charge is 0.273 e. The van der Waals surface area contributed by atoms with Gasteiger partial charge in [-0.15, -0.1) is 0 Å². The number of hydrogen-bond acceptors (Lipinski definition) is 4. The van der Waals surface area contributed by atoms with E-state index in [-0.39, 0.29) is 12.3 Å². The van der Waals surface area contributed by atoms with Gasteiger partial charge in [-0.1, -0.05) is 62.4 Å². The van der Waals surface area contributed by atoms with E-state index in [9.17, 15) is 9.59 Å². The number of hydrogen-bond donors (Lipinski definition) is 2. The van der Waals surface area contributed by atoms with E-state index < -0.39 is 5.91 Å². The Morgan fingerprint density at radius 2 is 1.57 bits per heavy atom. The summed E-state index contributed by atoms with van der Waals surface area (Å²) in [5.74, 6) is -0.307. The molecule has 2 heterocycles. The summed E-state index contributed by atoms with van der Waals surface area (Å²) in [6.07, 6.45) is 1.80. The number of hydrazine groups is 1. The first kappa shape index (κ1) is 23.9. The van der Waals surface area contributed by atoms with Crippen LogP contribution in [0.25, 0.3) is 16.9 Å². The van der Waals surface area contributed by atoms with E-state index in [0.29, 0.717) is 17.2 Å². The number of amides is 2. The highest BCUT2D eigenvalue weighted by Gasteiger charge is 2.20. The van der Waals surface area contributed by atoms with Crippen molar-refractivity contribution in [1.82, 2.24) is 30.4 Å². The van der Waals surface area contributed by atoms with Crippen molar-refractivity contribution in [3.05, 3.63) is 89.4 Å². The molecule has 4 rings (SSSR count). The molecule has 0 saturated carbocycles. The minimum absolute atomic E-state index is 0.130. The number of nitrogens with zero attached hydrogens (tertiary/aromatic N) is 4. The summed E-state index contributed by atoms with van der Waals surface area (Å²) < 4.78 is 3.60. The van der Waals surface area contributed by atoms with Crippen LogP contribution in [0, 0.1) is 19.8 Å². The van der Waals surface area contributed by atoms with Crippen LogP contribution in [0.2, 0.25) is 0 Å². The molecule has 0 radical (unpaired) electrons.